The van der Waals surface area contributed by atoms with Crippen molar-refractivity contribution >= 4 is 7.32 Å². The minimum Gasteiger partial charge on any atom is -0.907 e. The van der Waals surface area contributed by atoms with Gasteiger partial charge in [-0.1, -0.05) is 364 Å². The second kappa shape index (κ2) is 37.6. The van der Waals surface area contributed by atoms with Crippen LogP contribution in [0.2, 0.25) is 0 Å². The summed E-state index contributed by atoms with van der Waals surface area (Å²) in [6.45, 7) is 30.8. The summed E-state index contributed by atoms with van der Waals surface area (Å²) in [4.78, 5) is 0. The Morgan fingerprint density at radius 3 is 0.388 bits per heavy atom. The van der Waals surface area contributed by atoms with E-state index in [0.29, 0.717) is 0 Å². The minimum atomic E-state index is -2.92. The predicted octanol–water partition coefficient (Wildman–Crippen LogP) is 19.0. The lowest BCUT2D eigenvalue weighted by Gasteiger charge is -2.53. The lowest BCUT2D eigenvalue weighted by atomic mass is 9.61. The van der Waals surface area contributed by atoms with Crippen molar-refractivity contribution in [3.63, 3.8) is 0 Å². The molecule has 0 saturated heterocycles. The quantitative estimate of drug-likeness (QED) is 0.0293. The van der Waals surface area contributed by atoms with E-state index < -0.39 is 7.32 Å². The molecule has 3 unspecified atom stereocenters. The highest BCUT2D eigenvalue weighted by molar-refractivity contribution is 6.24. The standard InChI is InChI=1S/3C32H36N.BO3/c3*1-4-33(5-2,6-3)31(27-19-11-7-12-20-27)32(28-21-13-8-14-22-28,29-23-15-9-16-24-29)30-25-17-10-18-26-30;2-1(3)4/h3*7-26,31H,4-6H2,1-3H3;/q3*+1;-3. The number of likely N-dealkylation sites (N-methyl/N-ethyl adjacent to an activating group) is 3. The monoisotopic (exact) mass is 1360 g/mol. The summed E-state index contributed by atoms with van der Waals surface area (Å²) in [7, 11) is -2.92. The van der Waals surface area contributed by atoms with Gasteiger partial charge < -0.3 is 28.5 Å². The highest BCUT2D eigenvalue weighted by atomic mass is 16.5. The van der Waals surface area contributed by atoms with Crippen LogP contribution in [-0.4, -0.2) is 79.7 Å². The summed E-state index contributed by atoms with van der Waals surface area (Å²) in [6.07, 6.45) is 0. The van der Waals surface area contributed by atoms with Crippen molar-refractivity contribution in [1.82, 2.24) is 0 Å². The first-order valence-corrected chi connectivity index (χ1v) is 37.6. The molecular weight excluding hydrogens is 1250 g/mol. The molecule has 6 nitrogen and oxygen atoms in total. The third-order valence-corrected chi connectivity index (χ3v) is 22.9. The third kappa shape index (κ3) is 16.3. The van der Waals surface area contributed by atoms with Crippen LogP contribution >= 0.6 is 0 Å². The van der Waals surface area contributed by atoms with Crippen LogP contribution in [0.15, 0.2) is 364 Å². The van der Waals surface area contributed by atoms with Crippen LogP contribution < -0.4 is 15.1 Å². The van der Waals surface area contributed by atoms with E-state index in [1.165, 1.54) is 66.8 Å². The molecule has 7 heteroatoms. The molecule has 0 amide bonds. The van der Waals surface area contributed by atoms with E-state index in [1.54, 1.807) is 0 Å². The van der Waals surface area contributed by atoms with Crippen molar-refractivity contribution in [2.75, 3.05) is 58.9 Å². The Bertz CT molecular complexity index is 3510. The minimum absolute atomic E-state index is 0.214. The summed E-state index contributed by atoms with van der Waals surface area (Å²) in [5, 5.41) is 25.2. The van der Waals surface area contributed by atoms with Gasteiger partial charge in [-0.2, -0.15) is 0 Å². The molecule has 0 aliphatic carbocycles. The van der Waals surface area contributed by atoms with Crippen LogP contribution in [0.3, 0.4) is 0 Å². The maximum atomic E-state index is 8.42. The summed E-state index contributed by atoms with van der Waals surface area (Å²) in [5.41, 5.74) is 15.2. The second-order valence-corrected chi connectivity index (χ2v) is 26.9. The van der Waals surface area contributed by atoms with Crippen molar-refractivity contribution in [3.05, 3.63) is 431 Å². The molecule has 0 spiro atoms. The number of hydrogen-bond acceptors (Lipinski definition) is 3. The molecule has 0 heterocycles. The van der Waals surface area contributed by atoms with E-state index in [9.17, 15) is 0 Å². The summed E-state index contributed by atoms with van der Waals surface area (Å²) >= 11 is 0. The van der Waals surface area contributed by atoms with Gasteiger partial charge in [0.2, 0.25) is 0 Å². The third-order valence-electron chi connectivity index (χ3n) is 22.9. The van der Waals surface area contributed by atoms with Gasteiger partial charge >= 0.3 is 0 Å². The van der Waals surface area contributed by atoms with Crippen molar-refractivity contribution in [2.45, 2.75) is 96.7 Å². The smallest absolute Gasteiger partial charge is 0.133 e. The molecular formula is C96H108BN3O3. The van der Waals surface area contributed by atoms with Gasteiger partial charge in [-0.15, -0.1) is 0 Å². The average Bonchev–Trinajstić information content (AvgIpc) is 0.729. The molecule has 0 fully saturated rings. The zero-order valence-electron chi connectivity index (χ0n) is 62.4. The molecule has 0 aliphatic heterocycles. The normalized spacial score (nSPS) is 12.7. The first-order chi connectivity index (χ1) is 50.4. The topological polar surface area (TPSA) is 69.2 Å². The van der Waals surface area contributed by atoms with E-state index in [1.807, 2.05) is 0 Å². The average molecular weight is 1360 g/mol. The van der Waals surface area contributed by atoms with Crippen molar-refractivity contribution in [3.8, 4) is 0 Å². The zero-order chi connectivity index (χ0) is 73.0. The molecule has 0 N–H and O–H groups in total. The van der Waals surface area contributed by atoms with E-state index in [-0.39, 0.29) is 34.4 Å². The van der Waals surface area contributed by atoms with E-state index in [2.05, 4.69) is 426 Å². The predicted molar refractivity (Wildman–Crippen MR) is 427 cm³/mol. The van der Waals surface area contributed by atoms with Gasteiger partial charge in [-0.05, 0) is 112 Å². The molecule has 12 aromatic carbocycles. The Balaban J connectivity index is 0.000000175. The molecule has 0 aromatic heterocycles. The van der Waals surface area contributed by atoms with Gasteiger partial charge in [0.15, 0.2) is 0 Å². The van der Waals surface area contributed by atoms with Crippen molar-refractivity contribution in [1.29, 1.82) is 0 Å². The zero-order valence-corrected chi connectivity index (χ0v) is 62.4. The largest absolute Gasteiger partial charge is 0.907 e. The Morgan fingerprint density at radius 2 is 0.291 bits per heavy atom. The fraction of sp³-hybridized carbons (Fsp3) is 0.250. The lowest BCUT2D eigenvalue weighted by molar-refractivity contribution is -0.956. The number of benzene rings is 12. The fourth-order valence-corrected chi connectivity index (χ4v) is 17.7. The Hall–Kier alpha value is -9.54. The number of nitrogens with zero attached hydrogens (tertiary/aromatic N) is 3. The molecule has 12 rings (SSSR count). The first-order valence-electron chi connectivity index (χ1n) is 37.6. The van der Waals surface area contributed by atoms with Gasteiger partial charge in [0.1, 0.15) is 34.4 Å². The van der Waals surface area contributed by atoms with E-state index in [0.717, 1.165) is 72.4 Å². The van der Waals surface area contributed by atoms with Crippen molar-refractivity contribution < 1.29 is 28.5 Å². The van der Waals surface area contributed by atoms with Gasteiger partial charge in [-0.3, -0.25) is 7.32 Å². The van der Waals surface area contributed by atoms with Crippen LogP contribution in [-0.2, 0) is 16.2 Å². The Morgan fingerprint density at radius 1 is 0.194 bits per heavy atom. The van der Waals surface area contributed by atoms with Crippen LogP contribution in [0.25, 0.3) is 0 Å². The molecule has 0 aliphatic rings. The number of quaternary nitrogens is 3. The molecule has 3 atom stereocenters. The summed E-state index contributed by atoms with van der Waals surface area (Å²) < 4.78 is 3.01. The van der Waals surface area contributed by atoms with E-state index >= 15 is 0 Å². The molecule has 0 bridgehead atoms. The molecule has 0 saturated carbocycles. The number of hydrogen-bond donors (Lipinski definition) is 0. The lowest BCUT2D eigenvalue weighted by Crippen LogP contribution is -2.58. The van der Waals surface area contributed by atoms with Gasteiger partial charge in [-0.25, -0.2) is 0 Å². The van der Waals surface area contributed by atoms with Crippen LogP contribution in [0.1, 0.15) is 147 Å². The maximum absolute atomic E-state index is 8.42. The van der Waals surface area contributed by atoms with Crippen LogP contribution in [0, 0.1) is 0 Å². The van der Waals surface area contributed by atoms with Crippen LogP contribution in [0.4, 0.5) is 0 Å². The van der Waals surface area contributed by atoms with E-state index in [4.69, 9.17) is 15.1 Å². The van der Waals surface area contributed by atoms with Gasteiger partial charge in [0.05, 0.1) is 58.9 Å². The van der Waals surface area contributed by atoms with Crippen LogP contribution in [0.5, 0.6) is 0 Å². The summed E-state index contributed by atoms with van der Waals surface area (Å²) in [6, 6.07) is 135. The Labute approximate surface area is 618 Å². The first kappa shape index (κ1) is 77.6. The Kier molecular flexibility index (Phi) is 28.3. The van der Waals surface area contributed by atoms with Crippen molar-refractivity contribution in [2.24, 2.45) is 0 Å². The molecule has 0 radical (unpaired) electrons. The fourth-order valence-electron chi connectivity index (χ4n) is 17.7. The highest BCUT2D eigenvalue weighted by Crippen LogP contribution is 2.57. The van der Waals surface area contributed by atoms with Gasteiger partial charge in [0.25, 0.3) is 0 Å². The SMILES string of the molecule is CC[N+](CC)(CC)C(c1ccccc1)C(c1ccccc1)(c1ccccc1)c1ccccc1.CC[N+](CC)(CC)C(c1ccccc1)C(c1ccccc1)(c1ccccc1)c1ccccc1.CC[N+](CC)(CC)C(c1ccccc1)C(c1ccccc1)(c1ccccc1)c1ccccc1.[O-]B([O-])[O-]. The molecule has 12 aromatic rings. The second-order valence-electron chi connectivity index (χ2n) is 26.9. The number of rotatable bonds is 27. The summed E-state index contributed by atoms with van der Waals surface area (Å²) in [5.74, 6) is 0. The highest BCUT2D eigenvalue weighted by Gasteiger charge is 2.57. The van der Waals surface area contributed by atoms with Gasteiger partial charge in [0, 0.05) is 16.7 Å². The molecule has 103 heavy (non-hydrogen) atoms. The maximum Gasteiger partial charge on any atom is 0.133 e. The molecule has 528 valence electrons.